The largest absolute Gasteiger partial charge is 0.143 e. The summed E-state index contributed by atoms with van der Waals surface area (Å²) < 4.78 is 0. The van der Waals surface area contributed by atoms with Gasteiger partial charge in [-0.2, -0.15) is 0 Å². The van der Waals surface area contributed by atoms with E-state index in [0.29, 0.717) is 0 Å². The van der Waals surface area contributed by atoms with Crippen LogP contribution in [0.3, 0.4) is 0 Å². The molecule has 0 amide bonds. The summed E-state index contributed by atoms with van der Waals surface area (Å²) in [5.41, 5.74) is 0. The molecule has 1 aliphatic heterocycles. The van der Waals surface area contributed by atoms with Gasteiger partial charge in [0.15, 0.2) is 0 Å². The number of unbranched alkanes of at least 4 members (excludes halogenated alkanes) is 3. The zero-order valence-corrected chi connectivity index (χ0v) is 13.3. The first-order chi connectivity index (χ1) is 8.22. The Kier molecular flexibility index (Phi) is 7.49. The predicted molar refractivity (Wildman–Crippen MR) is 84.7 cm³/mol. The van der Waals surface area contributed by atoms with Gasteiger partial charge >= 0.3 is 0 Å². The van der Waals surface area contributed by atoms with Crippen molar-refractivity contribution < 1.29 is 0 Å². The van der Waals surface area contributed by atoms with Crippen molar-refractivity contribution in [2.24, 2.45) is 17.8 Å². The van der Waals surface area contributed by atoms with Gasteiger partial charge in [0.1, 0.15) is 6.71 Å². The van der Waals surface area contributed by atoms with E-state index in [1.165, 1.54) is 44.8 Å². The molecule has 4 atom stereocenters. The van der Waals surface area contributed by atoms with Crippen LogP contribution in [0.2, 0.25) is 18.5 Å². The van der Waals surface area contributed by atoms with Crippen molar-refractivity contribution in [1.82, 2.24) is 0 Å². The van der Waals surface area contributed by atoms with Gasteiger partial charge in [0.25, 0.3) is 0 Å². The molecule has 99 valence electrons. The maximum atomic E-state index is 2.52. The fraction of sp³-hybridized carbons (Fsp3) is 1.00. The molecular weight excluding hydrogens is 210 g/mol. The molecule has 0 aromatic heterocycles. The molecular formula is C16H31BLi. The Morgan fingerprint density at radius 1 is 1.00 bits per heavy atom. The summed E-state index contributed by atoms with van der Waals surface area (Å²) in [7, 11) is 0. The molecule has 1 radical (unpaired) electrons. The predicted octanol–water partition coefficient (Wildman–Crippen LogP) is 5.14. The minimum Gasteiger partial charge on any atom is -0.0739 e. The second kappa shape index (κ2) is 8.06. The molecule has 0 spiro atoms. The van der Waals surface area contributed by atoms with Gasteiger partial charge in [0.05, 0.1) is 0 Å². The Bertz CT molecular complexity index is 231. The van der Waals surface area contributed by atoms with E-state index >= 15 is 0 Å². The number of hydrogen-bond acceptors (Lipinski definition) is 0. The maximum Gasteiger partial charge on any atom is 0.143 e. The summed E-state index contributed by atoms with van der Waals surface area (Å²) in [4.78, 5) is 0. The van der Waals surface area contributed by atoms with E-state index in [9.17, 15) is 0 Å². The minimum absolute atomic E-state index is 0. The van der Waals surface area contributed by atoms with E-state index in [1.807, 2.05) is 0 Å². The third-order valence-electron chi connectivity index (χ3n) is 5.81. The van der Waals surface area contributed by atoms with Crippen LogP contribution in [0.1, 0.15) is 65.7 Å². The van der Waals surface area contributed by atoms with Crippen LogP contribution >= 0.6 is 0 Å². The summed E-state index contributed by atoms with van der Waals surface area (Å²) in [6.45, 7) is 8.44. The molecule has 2 aliphatic rings. The van der Waals surface area contributed by atoms with Crippen molar-refractivity contribution in [2.45, 2.75) is 84.2 Å². The monoisotopic (exact) mass is 241 g/mol. The second-order valence-electron chi connectivity index (χ2n) is 7.04. The molecule has 1 heterocycles. The molecule has 1 saturated heterocycles. The normalized spacial score (nSPS) is 35.2. The quantitative estimate of drug-likeness (QED) is 0.462. The Balaban J connectivity index is 0.00000162. The Hall–Kier alpha value is 0.662. The SMILES string of the molecule is CCCCCCB1CC(C)C2CCC(C)C1C2.[Li]. The first-order valence-electron chi connectivity index (χ1n) is 8.22. The molecule has 2 heteroatoms. The molecule has 18 heavy (non-hydrogen) atoms. The third-order valence-corrected chi connectivity index (χ3v) is 5.81. The van der Waals surface area contributed by atoms with Crippen molar-refractivity contribution in [3.63, 3.8) is 0 Å². The summed E-state index contributed by atoms with van der Waals surface area (Å²) >= 11 is 0. The fourth-order valence-corrected chi connectivity index (χ4v) is 4.57. The number of rotatable bonds is 5. The van der Waals surface area contributed by atoms with E-state index in [1.54, 1.807) is 12.7 Å². The van der Waals surface area contributed by atoms with Crippen LogP contribution in [0, 0.1) is 17.8 Å². The zero-order valence-electron chi connectivity index (χ0n) is 13.3. The molecule has 2 fully saturated rings. The van der Waals surface area contributed by atoms with Crippen molar-refractivity contribution in [1.29, 1.82) is 0 Å². The zero-order chi connectivity index (χ0) is 12.3. The maximum absolute atomic E-state index is 2.52. The molecule has 2 rings (SSSR count). The summed E-state index contributed by atoms with van der Waals surface area (Å²) in [5.74, 6) is 4.22. The van der Waals surface area contributed by atoms with Crippen molar-refractivity contribution in [3.8, 4) is 0 Å². The average Bonchev–Trinajstić information content (AvgIpc) is 2.33. The van der Waals surface area contributed by atoms with Gasteiger partial charge in [-0.1, -0.05) is 77.8 Å². The first kappa shape index (κ1) is 16.7. The summed E-state index contributed by atoms with van der Waals surface area (Å²) in [6.07, 6.45) is 13.5. The van der Waals surface area contributed by atoms with Gasteiger partial charge in [0.2, 0.25) is 0 Å². The first-order valence-corrected chi connectivity index (χ1v) is 8.22. The second-order valence-corrected chi connectivity index (χ2v) is 7.04. The van der Waals surface area contributed by atoms with Gasteiger partial charge in [-0.05, 0) is 24.2 Å². The van der Waals surface area contributed by atoms with Crippen molar-refractivity contribution in [3.05, 3.63) is 0 Å². The number of fused-ring (bicyclic) bond motifs is 2. The van der Waals surface area contributed by atoms with Crippen LogP contribution in [0.15, 0.2) is 0 Å². The Labute approximate surface area is 127 Å². The van der Waals surface area contributed by atoms with E-state index in [-0.39, 0.29) is 18.9 Å². The van der Waals surface area contributed by atoms with Gasteiger partial charge < -0.3 is 0 Å². The van der Waals surface area contributed by atoms with E-state index < -0.39 is 0 Å². The molecule has 0 aromatic rings. The molecule has 1 saturated carbocycles. The van der Waals surface area contributed by atoms with Crippen LogP contribution in [-0.4, -0.2) is 25.6 Å². The fourth-order valence-electron chi connectivity index (χ4n) is 4.57. The average molecular weight is 241 g/mol. The van der Waals surface area contributed by atoms with Crippen LogP contribution in [-0.2, 0) is 0 Å². The minimum atomic E-state index is 0. The van der Waals surface area contributed by atoms with Crippen LogP contribution in [0.4, 0.5) is 0 Å². The molecule has 0 N–H and O–H groups in total. The molecule has 2 bridgehead atoms. The Morgan fingerprint density at radius 3 is 2.50 bits per heavy atom. The third kappa shape index (κ3) is 4.08. The van der Waals surface area contributed by atoms with E-state index in [2.05, 4.69) is 20.8 Å². The van der Waals surface area contributed by atoms with E-state index in [0.717, 1.165) is 30.3 Å². The molecule has 4 unspecified atom stereocenters. The van der Waals surface area contributed by atoms with Gasteiger partial charge in [0, 0.05) is 18.9 Å². The van der Waals surface area contributed by atoms with Crippen LogP contribution in [0.25, 0.3) is 0 Å². The van der Waals surface area contributed by atoms with Gasteiger partial charge in [-0.25, -0.2) is 0 Å². The van der Waals surface area contributed by atoms with Crippen molar-refractivity contribution in [2.75, 3.05) is 0 Å². The standard InChI is InChI=1S/C16H31B.Li/c1-4-5-6-7-10-17-12-14(3)15-9-8-13(2)16(17)11-15;/h13-16H,4-12H2,1-3H3;. The van der Waals surface area contributed by atoms with Gasteiger partial charge in [-0.3, -0.25) is 0 Å². The molecule has 1 aliphatic carbocycles. The van der Waals surface area contributed by atoms with Crippen LogP contribution < -0.4 is 0 Å². The summed E-state index contributed by atoms with van der Waals surface area (Å²) in [6, 6.07) is 0. The van der Waals surface area contributed by atoms with Crippen LogP contribution in [0.5, 0.6) is 0 Å². The molecule has 0 nitrogen and oxygen atoms in total. The summed E-state index contributed by atoms with van der Waals surface area (Å²) in [5, 5.41) is 0. The topological polar surface area (TPSA) is 0 Å². The Morgan fingerprint density at radius 2 is 1.78 bits per heavy atom. The molecule has 0 aromatic carbocycles. The van der Waals surface area contributed by atoms with E-state index in [4.69, 9.17) is 0 Å². The smallest absolute Gasteiger partial charge is 0.0739 e. The van der Waals surface area contributed by atoms with Gasteiger partial charge in [-0.15, -0.1) is 0 Å². The number of hydrogen-bond donors (Lipinski definition) is 0. The van der Waals surface area contributed by atoms with Crippen molar-refractivity contribution >= 4 is 25.6 Å².